The number of nitrogens with zero attached hydrogens (tertiary/aromatic N) is 1. The number of amides is 1. The first-order valence-electron chi connectivity index (χ1n) is 7.37. The Morgan fingerprint density at radius 1 is 1.43 bits per heavy atom. The Labute approximate surface area is 129 Å². The predicted molar refractivity (Wildman–Crippen MR) is 87.3 cm³/mol. The molecule has 4 nitrogen and oxygen atoms in total. The fourth-order valence-corrected chi connectivity index (χ4v) is 3.96. The third-order valence-electron chi connectivity index (χ3n) is 4.19. The number of rotatable bonds is 4. The van der Waals surface area contributed by atoms with Crippen LogP contribution in [0.3, 0.4) is 0 Å². The molecule has 3 N–H and O–H groups in total. The number of carbonyl (C=O) groups excluding carboxylic acids is 1. The van der Waals surface area contributed by atoms with E-state index in [9.17, 15) is 4.79 Å². The van der Waals surface area contributed by atoms with Crippen molar-refractivity contribution in [3.8, 4) is 0 Å². The maximum atomic E-state index is 11.4. The third kappa shape index (κ3) is 3.15. The van der Waals surface area contributed by atoms with Crippen LogP contribution in [0.2, 0.25) is 0 Å². The van der Waals surface area contributed by atoms with Gasteiger partial charge in [-0.3, -0.25) is 14.4 Å². The average molecular weight is 303 g/mol. The molecule has 3 rings (SSSR count). The maximum Gasteiger partial charge on any atom is 0.234 e. The molecule has 0 aromatic heterocycles. The van der Waals surface area contributed by atoms with Gasteiger partial charge in [-0.05, 0) is 55.0 Å². The maximum absolute atomic E-state index is 11.4. The van der Waals surface area contributed by atoms with Crippen molar-refractivity contribution in [1.29, 1.82) is 0 Å². The highest BCUT2D eigenvalue weighted by Gasteiger charge is 2.28. The van der Waals surface area contributed by atoms with E-state index >= 15 is 0 Å². The Bertz CT molecular complexity index is 567. The average Bonchev–Trinajstić information content (AvgIpc) is 3.09. The zero-order valence-corrected chi connectivity index (χ0v) is 13.1. The van der Waals surface area contributed by atoms with Gasteiger partial charge < -0.3 is 5.73 Å². The number of likely N-dealkylation sites (tertiary alicyclic amines) is 1. The van der Waals surface area contributed by atoms with Crippen LogP contribution in [-0.4, -0.2) is 29.9 Å². The molecule has 5 heteroatoms. The van der Waals surface area contributed by atoms with Gasteiger partial charge in [0.1, 0.15) is 0 Å². The molecule has 0 spiro atoms. The van der Waals surface area contributed by atoms with Gasteiger partial charge in [-0.1, -0.05) is 24.3 Å². The molecule has 2 aliphatic rings. The third-order valence-corrected chi connectivity index (χ3v) is 5.27. The molecule has 1 atom stereocenters. The summed E-state index contributed by atoms with van der Waals surface area (Å²) in [6.07, 6.45) is 1.95. The van der Waals surface area contributed by atoms with Crippen LogP contribution in [0.4, 0.5) is 0 Å². The zero-order chi connectivity index (χ0) is 14.8. The molecular formula is C16H21N3OS. The van der Waals surface area contributed by atoms with E-state index in [-0.39, 0.29) is 11.9 Å². The van der Waals surface area contributed by atoms with Gasteiger partial charge in [0, 0.05) is 18.0 Å². The minimum Gasteiger partial charge on any atom is -0.368 e. The molecule has 1 saturated heterocycles. The van der Waals surface area contributed by atoms with Crippen molar-refractivity contribution >= 4 is 22.8 Å². The van der Waals surface area contributed by atoms with E-state index in [1.165, 1.54) is 21.6 Å². The number of nitrogens with one attached hydrogen (secondary N) is 1. The Kier molecular flexibility index (Phi) is 4.33. The second-order valence-corrected chi connectivity index (χ2v) is 6.66. The van der Waals surface area contributed by atoms with Gasteiger partial charge in [0.2, 0.25) is 5.91 Å². The minimum atomic E-state index is -0.196. The van der Waals surface area contributed by atoms with Gasteiger partial charge in [-0.2, -0.15) is 0 Å². The molecule has 1 fully saturated rings. The fourth-order valence-electron chi connectivity index (χ4n) is 3.02. The fraction of sp³-hybridized carbons (Fsp3) is 0.438. The number of carbonyl (C=O) groups is 1. The first kappa shape index (κ1) is 14.6. The SMILES string of the molecule is CC1=C(c2ccc(CN3CCCC3C(N)=O)cc2)SNC1. The lowest BCUT2D eigenvalue weighted by molar-refractivity contribution is -0.122. The van der Waals surface area contributed by atoms with Gasteiger partial charge in [0.25, 0.3) is 0 Å². The van der Waals surface area contributed by atoms with Crippen molar-refractivity contribution in [3.05, 3.63) is 41.0 Å². The van der Waals surface area contributed by atoms with Crippen molar-refractivity contribution < 1.29 is 4.79 Å². The molecule has 0 saturated carbocycles. The molecule has 1 aromatic rings. The summed E-state index contributed by atoms with van der Waals surface area (Å²) in [5.74, 6) is -0.196. The molecule has 21 heavy (non-hydrogen) atoms. The quantitative estimate of drug-likeness (QED) is 0.837. The van der Waals surface area contributed by atoms with E-state index in [1.807, 2.05) is 0 Å². The number of primary amides is 1. The van der Waals surface area contributed by atoms with Gasteiger partial charge >= 0.3 is 0 Å². The van der Waals surface area contributed by atoms with Crippen LogP contribution in [0.5, 0.6) is 0 Å². The molecule has 1 unspecified atom stereocenters. The highest BCUT2D eigenvalue weighted by Crippen LogP contribution is 2.33. The smallest absolute Gasteiger partial charge is 0.234 e. The van der Waals surface area contributed by atoms with Crippen molar-refractivity contribution in [1.82, 2.24) is 9.62 Å². The molecule has 1 aromatic carbocycles. The lowest BCUT2D eigenvalue weighted by Crippen LogP contribution is -2.39. The van der Waals surface area contributed by atoms with Crippen LogP contribution < -0.4 is 10.5 Å². The second-order valence-electron chi connectivity index (χ2n) is 5.76. The van der Waals surface area contributed by atoms with E-state index in [0.29, 0.717) is 0 Å². The second kappa shape index (κ2) is 6.22. The predicted octanol–water partition coefficient (Wildman–Crippen LogP) is 2.12. The van der Waals surface area contributed by atoms with E-state index < -0.39 is 0 Å². The number of benzene rings is 1. The molecule has 112 valence electrons. The Balaban J connectivity index is 1.70. The van der Waals surface area contributed by atoms with E-state index in [4.69, 9.17) is 5.73 Å². The lowest BCUT2D eigenvalue weighted by atomic mass is 10.1. The van der Waals surface area contributed by atoms with Crippen LogP contribution in [-0.2, 0) is 11.3 Å². The Hall–Kier alpha value is -1.30. The summed E-state index contributed by atoms with van der Waals surface area (Å²) in [6.45, 7) is 4.88. The summed E-state index contributed by atoms with van der Waals surface area (Å²) in [7, 11) is 0. The van der Waals surface area contributed by atoms with Crippen LogP contribution in [0, 0.1) is 0 Å². The van der Waals surface area contributed by atoms with Crippen molar-refractivity contribution in [2.24, 2.45) is 5.73 Å². The molecular weight excluding hydrogens is 282 g/mol. The minimum absolute atomic E-state index is 0.0933. The number of nitrogens with two attached hydrogens (primary N) is 1. The molecule has 2 aliphatic heterocycles. The molecule has 2 heterocycles. The molecule has 0 bridgehead atoms. The topological polar surface area (TPSA) is 58.4 Å². The number of hydrogen-bond donors (Lipinski definition) is 2. The summed E-state index contributed by atoms with van der Waals surface area (Å²) in [4.78, 5) is 15.0. The van der Waals surface area contributed by atoms with E-state index in [0.717, 1.165) is 32.5 Å². The summed E-state index contributed by atoms with van der Waals surface area (Å²) in [6, 6.07) is 8.56. The summed E-state index contributed by atoms with van der Waals surface area (Å²) >= 11 is 1.70. The van der Waals surface area contributed by atoms with Crippen LogP contribution in [0.25, 0.3) is 4.91 Å². The molecule has 1 amide bonds. The van der Waals surface area contributed by atoms with Crippen LogP contribution in [0.15, 0.2) is 29.8 Å². The van der Waals surface area contributed by atoms with Gasteiger partial charge in [0.05, 0.1) is 6.04 Å². The number of hydrogen-bond acceptors (Lipinski definition) is 4. The van der Waals surface area contributed by atoms with Gasteiger partial charge in [-0.25, -0.2) is 0 Å². The van der Waals surface area contributed by atoms with E-state index in [1.54, 1.807) is 11.9 Å². The summed E-state index contributed by atoms with van der Waals surface area (Å²) in [5.41, 5.74) is 9.36. The van der Waals surface area contributed by atoms with Crippen LogP contribution >= 0.6 is 11.9 Å². The van der Waals surface area contributed by atoms with Gasteiger partial charge in [0.15, 0.2) is 0 Å². The molecule has 0 aliphatic carbocycles. The summed E-state index contributed by atoms with van der Waals surface area (Å²) in [5, 5.41) is 0. The standard InChI is InChI=1S/C16H21N3OS/c1-11-9-18-21-15(11)13-6-4-12(5-7-13)10-19-8-2-3-14(19)16(17)20/h4-7,14,18H,2-3,8-10H2,1H3,(H2,17,20). The monoisotopic (exact) mass is 303 g/mol. The Morgan fingerprint density at radius 2 is 2.19 bits per heavy atom. The van der Waals surface area contributed by atoms with E-state index in [2.05, 4.69) is 40.8 Å². The highest BCUT2D eigenvalue weighted by molar-refractivity contribution is 8.06. The highest BCUT2D eigenvalue weighted by atomic mass is 32.2. The first-order chi connectivity index (χ1) is 10.1. The van der Waals surface area contributed by atoms with Gasteiger partial charge in [-0.15, -0.1) is 0 Å². The summed E-state index contributed by atoms with van der Waals surface area (Å²) < 4.78 is 3.30. The normalized spacial score (nSPS) is 23.0. The Morgan fingerprint density at radius 3 is 2.81 bits per heavy atom. The zero-order valence-electron chi connectivity index (χ0n) is 12.3. The first-order valence-corrected chi connectivity index (χ1v) is 8.19. The van der Waals surface area contributed by atoms with Crippen molar-refractivity contribution in [3.63, 3.8) is 0 Å². The molecule has 0 radical (unpaired) electrons. The lowest BCUT2D eigenvalue weighted by Gasteiger charge is -2.21. The van der Waals surface area contributed by atoms with Crippen LogP contribution in [0.1, 0.15) is 30.9 Å². The van der Waals surface area contributed by atoms with Crippen molar-refractivity contribution in [2.45, 2.75) is 32.4 Å². The van der Waals surface area contributed by atoms with Crippen molar-refractivity contribution in [2.75, 3.05) is 13.1 Å². The largest absolute Gasteiger partial charge is 0.368 e.